The van der Waals surface area contributed by atoms with Gasteiger partial charge in [0.05, 0.1) is 6.61 Å². The minimum Gasteiger partial charge on any atom is -0.490 e. The Morgan fingerprint density at radius 2 is 2.08 bits per heavy atom. The molecule has 2 N–H and O–H groups in total. The van der Waals surface area contributed by atoms with E-state index in [1.807, 2.05) is 0 Å². The van der Waals surface area contributed by atoms with Crippen LogP contribution in [-0.4, -0.2) is 37.1 Å². The molecule has 1 saturated carbocycles. The highest BCUT2D eigenvalue weighted by molar-refractivity contribution is 5.85. The summed E-state index contributed by atoms with van der Waals surface area (Å²) in [4.78, 5) is 14.1. The molecule has 5 nitrogen and oxygen atoms in total. The van der Waals surface area contributed by atoms with Gasteiger partial charge < -0.3 is 20.1 Å². The Hall–Kier alpha value is -1.60. The van der Waals surface area contributed by atoms with Crippen LogP contribution in [0.3, 0.4) is 0 Å². The van der Waals surface area contributed by atoms with Gasteiger partial charge in [-0.15, -0.1) is 12.4 Å². The summed E-state index contributed by atoms with van der Waals surface area (Å²) >= 11 is 0. The molecule has 2 rings (SSSR count). The SMILES string of the molecule is CCOc1cc(CN(C)C(=O)C2CCC(N)C2)ccc1OC(F)F.Cl. The standard InChI is InChI=1S/C17H24F2N2O3.ClH/c1-3-23-15-8-11(4-7-14(15)24-17(18)19)10-21(2)16(22)12-5-6-13(20)9-12;/h4,7-8,12-13,17H,3,5-6,9-10,20H2,1-2H3;1H. The van der Waals surface area contributed by atoms with Gasteiger partial charge in [0.2, 0.25) is 5.91 Å². The minimum atomic E-state index is -2.91. The number of nitrogens with zero attached hydrogens (tertiary/aromatic N) is 1. The van der Waals surface area contributed by atoms with Gasteiger partial charge in [0.25, 0.3) is 0 Å². The number of ether oxygens (including phenoxy) is 2. The van der Waals surface area contributed by atoms with E-state index in [2.05, 4.69) is 4.74 Å². The maximum atomic E-state index is 12.4. The molecule has 0 saturated heterocycles. The predicted molar refractivity (Wildman–Crippen MR) is 93.3 cm³/mol. The van der Waals surface area contributed by atoms with E-state index in [0.717, 1.165) is 18.4 Å². The van der Waals surface area contributed by atoms with E-state index in [1.165, 1.54) is 6.07 Å². The molecule has 2 atom stereocenters. The highest BCUT2D eigenvalue weighted by Gasteiger charge is 2.29. The molecule has 1 fully saturated rings. The van der Waals surface area contributed by atoms with E-state index in [1.54, 1.807) is 31.0 Å². The van der Waals surface area contributed by atoms with Gasteiger partial charge in [0, 0.05) is 25.6 Å². The van der Waals surface area contributed by atoms with Gasteiger partial charge in [0.1, 0.15) is 0 Å². The van der Waals surface area contributed by atoms with E-state index in [9.17, 15) is 13.6 Å². The molecule has 0 radical (unpaired) electrons. The van der Waals surface area contributed by atoms with Gasteiger partial charge in [0.15, 0.2) is 11.5 Å². The van der Waals surface area contributed by atoms with E-state index >= 15 is 0 Å². The first-order valence-electron chi connectivity index (χ1n) is 8.11. The fourth-order valence-electron chi connectivity index (χ4n) is 3.02. The van der Waals surface area contributed by atoms with Crippen molar-refractivity contribution < 1.29 is 23.0 Å². The first kappa shape index (κ1) is 21.4. The van der Waals surface area contributed by atoms with Crippen LogP contribution in [0.1, 0.15) is 31.7 Å². The number of halogens is 3. The largest absolute Gasteiger partial charge is 0.490 e. The Bertz CT molecular complexity index is 575. The number of benzene rings is 1. The predicted octanol–water partition coefficient (Wildman–Crippen LogP) is 3.19. The molecule has 1 aliphatic rings. The Morgan fingerprint density at radius 1 is 1.36 bits per heavy atom. The normalized spacial score (nSPS) is 19.4. The summed E-state index contributed by atoms with van der Waals surface area (Å²) < 4.78 is 34.6. The van der Waals surface area contributed by atoms with E-state index in [0.29, 0.717) is 19.6 Å². The van der Waals surface area contributed by atoms with Gasteiger partial charge in [-0.1, -0.05) is 6.07 Å². The summed E-state index contributed by atoms with van der Waals surface area (Å²) in [7, 11) is 1.73. The fourth-order valence-corrected chi connectivity index (χ4v) is 3.02. The maximum absolute atomic E-state index is 12.4. The fraction of sp³-hybridized carbons (Fsp3) is 0.588. The van der Waals surface area contributed by atoms with Crippen LogP contribution < -0.4 is 15.2 Å². The van der Waals surface area contributed by atoms with E-state index < -0.39 is 6.61 Å². The second-order valence-electron chi connectivity index (χ2n) is 6.06. The van der Waals surface area contributed by atoms with Crippen molar-refractivity contribution in [3.63, 3.8) is 0 Å². The first-order chi connectivity index (χ1) is 11.4. The van der Waals surface area contributed by atoms with Crippen molar-refractivity contribution in [3.05, 3.63) is 23.8 Å². The van der Waals surface area contributed by atoms with Gasteiger partial charge in [-0.25, -0.2) is 0 Å². The Morgan fingerprint density at radius 3 is 2.64 bits per heavy atom. The maximum Gasteiger partial charge on any atom is 0.387 e. The van der Waals surface area contributed by atoms with Crippen molar-refractivity contribution in [2.75, 3.05) is 13.7 Å². The Kier molecular flexibility index (Phi) is 8.38. The van der Waals surface area contributed by atoms with Crippen LogP contribution >= 0.6 is 12.4 Å². The van der Waals surface area contributed by atoms with Gasteiger partial charge in [-0.3, -0.25) is 4.79 Å². The molecule has 0 heterocycles. The second kappa shape index (κ2) is 9.77. The summed E-state index contributed by atoms with van der Waals surface area (Å²) in [5.74, 6) is 0.275. The Balaban J connectivity index is 0.00000312. The van der Waals surface area contributed by atoms with Gasteiger partial charge in [-0.2, -0.15) is 8.78 Å². The first-order valence-corrected chi connectivity index (χ1v) is 8.11. The van der Waals surface area contributed by atoms with Crippen LogP contribution in [-0.2, 0) is 11.3 Å². The van der Waals surface area contributed by atoms with Crippen LogP contribution in [0, 0.1) is 5.92 Å². The van der Waals surface area contributed by atoms with Gasteiger partial charge >= 0.3 is 6.61 Å². The van der Waals surface area contributed by atoms with Crippen molar-refractivity contribution >= 4 is 18.3 Å². The molecule has 142 valence electrons. The highest BCUT2D eigenvalue weighted by Crippen LogP contribution is 2.31. The number of alkyl halides is 2. The molecule has 8 heteroatoms. The number of nitrogens with two attached hydrogens (primary N) is 1. The third kappa shape index (κ3) is 6.01. The summed E-state index contributed by atoms with van der Waals surface area (Å²) in [6, 6.07) is 4.83. The lowest BCUT2D eigenvalue weighted by Gasteiger charge is -2.22. The lowest BCUT2D eigenvalue weighted by atomic mass is 10.1. The van der Waals surface area contributed by atoms with E-state index in [-0.39, 0.29) is 41.8 Å². The number of carbonyl (C=O) groups excluding carboxylic acids is 1. The zero-order valence-electron chi connectivity index (χ0n) is 14.4. The number of hydrogen-bond acceptors (Lipinski definition) is 4. The summed E-state index contributed by atoms with van der Waals surface area (Å²) in [6.45, 7) is -0.444. The molecule has 0 bridgehead atoms. The van der Waals surface area contributed by atoms with Crippen LogP contribution in [0.25, 0.3) is 0 Å². The molecular formula is C17H25ClF2N2O3. The molecule has 2 unspecified atom stereocenters. The average Bonchev–Trinajstić information content (AvgIpc) is 2.95. The summed E-state index contributed by atoms with van der Waals surface area (Å²) in [5.41, 5.74) is 6.65. The average molecular weight is 379 g/mol. The number of amides is 1. The molecule has 1 amide bonds. The van der Waals surface area contributed by atoms with Crippen molar-refractivity contribution in [2.45, 2.75) is 45.4 Å². The Labute approximate surface area is 152 Å². The third-order valence-electron chi connectivity index (χ3n) is 4.14. The molecular weight excluding hydrogens is 354 g/mol. The van der Waals surface area contributed by atoms with Crippen LogP contribution in [0.5, 0.6) is 11.5 Å². The molecule has 0 spiro atoms. The molecule has 1 aliphatic carbocycles. The van der Waals surface area contributed by atoms with E-state index in [4.69, 9.17) is 10.5 Å². The van der Waals surface area contributed by atoms with Crippen LogP contribution in [0.4, 0.5) is 8.78 Å². The molecule has 1 aromatic rings. The van der Waals surface area contributed by atoms with Crippen molar-refractivity contribution in [3.8, 4) is 11.5 Å². The summed E-state index contributed by atoms with van der Waals surface area (Å²) in [5, 5.41) is 0. The van der Waals surface area contributed by atoms with Gasteiger partial charge in [-0.05, 0) is 43.9 Å². The zero-order valence-corrected chi connectivity index (χ0v) is 15.2. The third-order valence-corrected chi connectivity index (χ3v) is 4.14. The van der Waals surface area contributed by atoms with Crippen LogP contribution in [0.2, 0.25) is 0 Å². The molecule has 25 heavy (non-hydrogen) atoms. The van der Waals surface area contributed by atoms with Crippen molar-refractivity contribution in [1.29, 1.82) is 0 Å². The van der Waals surface area contributed by atoms with Crippen molar-refractivity contribution in [1.82, 2.24) is 4.90 Å². The summed E-state index contributed by atoms with van der Waals surface area (Å²) in [6.07, 6.45) is 2.41. The second-order valence-corrected chi connectivity index (χ2v) is 6.06. The number of rotatable bonds is 7. The monoisotopic (exact) mass is 378 g/mol. The lowest BCUT2D eigenvalue weighted by molar-refractivity contribution is -0.134. The van der Waals surface area contributed by atoms with Crippen molar-refractivity contribution in [2.24, 2.45) is 11.7 Å². The molecule has 0 aromatic heterocycles. The molecule has 1 aromatic carbocycles. The quantitative estimate of drug-likeness (QED) is 0.791. The molecule has 0 aliphatic heterocycles. The zero-order chi connectivity index (χ0) is 17.7. The minimum absolute atomic E-state index is 0. The highest BCUT2D eigenvalue weighted by atomic mass is 35.5. The topological polar surface area (TPSA) is 64.8 Å². The van der Waals surface area contributed by atoms with Crippen LogP contribution in [0.15, 0.2) is 18.2 Å². The number of hydrogen-bond donors (Lipinski definition) is 1. The smallest absolute Gasteiger partial charge is 0.387 e. The lowest BCUT2D eigenvalue weighted by Crippen LogP contribution is -2.32. The number of carbonyl (C=O) groups is 1.